The van der Waals surface area contributed by atoms with Crippen molar-refractivity contribution in [2.24, 2.45) is 0 Å². The highest BCUT2D eigenvalue weighted by Gasteiger charge is 2.18. The van der Waals surface area contributed by atoms with Crippen LogP contribution in [0.15, 0.2) is 164 Å². The fraction of sp³-hybridized carbons (Fsp3) is 0. The number of benzene rings is 7. The van der Waals surface area contributed by atoms with Gasteiger partial charge in [0.1, 0.15) is 0 Å². The zero-order valence-electron chi connectivity index (χ0n) is 25.8. The minimum atomic E-state index is 0.744. The number of aromatic nitrogens is 3. The zero-order chi connectivity index (χ0) is 31.6. The molecule has 0 unspecified atom stereocenters. The first-order valence-corrected chi connectivity index (χ1v) is 17.0. The summed E-state index contributed by atoms with van der Waals surface area (Å²) in [6, 6.07) is 58.4. The molecule has 10 rings (SSSR count). The number of nitrogens with zero attached hydrogens (tertiary/aromatic N) is 3. The predicted octanol–water partition coefficient (Wildman–Crippen LogP) is 12.1. The first-order chi connectivity index (χ1) is 23.8. The molecule has 0 fully saturated rings. The molecule has 7 aromatic carbocycles. The first-order valence-electron chi connectivity index (χ1n) is 16.2. The fourth-order valence-electron chi connectivity index (χ4n) is 7.10. The number of rotatable bonds is 4. The molecule has 4 heteroatoms. The lowest BCUT2D eigenvalue weighted by Gasteiger charge is -2.10. The Bertz CT molecular complexity index is 2790. The molecule has 3 nitrogen and oxygen atoms in total. The minimum absolute atomic E-state index is 0.744. The SMILES string of the molecule is c1ccc(-c2nc(-c3ccc4ccccc4c3)c3sc4cc(-c5cccc(-n6c7ccccc7c7ccccc76)c5)ccc4c3n2)cc1. The Labute approximate surface area is 281 Å². The molecule has 0 saturated carbocycles. The molecular formula is C44H27N3S. The van der Waals surface area contributed by atoms with Crippen LogP contribution in [0.5, 0.6) is 0 Å². The number of hydrogen-bond donors (Lipinski definition) is 0. The van der Waals surface area contributed by atoms with Crippen LogP contribution in [0.4, 0.5) is 0 Å². The summed E-state index contributed by atoms with van der Waals surface area (Å²) in [5.74, 6) is 0.744. The molecule has 224 valence electrons. The van der Waals surface area contributed by atoms with E-state index in [1.807, 2.05) is 18.2 Å². The second-order valence-corrected chi connectivity index (χ2v) is 13.3. The quantitative estimate of drug-likeness (QED) is 0.194. The molecular weight excluding hydrogens is 603 g/mol. The van der Waals surface area contributed by atoms with E-state index < -0.39 is 0 Å². The maximum atomic E-state index is 5.21. The molecule has 3 aromatic heterocycles. The third-order valence-corrected chi connectivity index (χ3v) is 10.5. The Kier molecular flexibility index (Phi) is 6.05. The second-order valence-electron chi connectivity index (χ2n) is 12.2. The van der Waals surface area contributed by atoms with Crippen molar-refractivity contribution in [1.82, 2.24) is 14.5 Å². The third-order valence-electron chi connectivity index (χ3n) is 9.39. The van der Waals surface area contributed by atoms with Gasteiger partial charge in [-0.3, -0.25) is 0 Å². The monoisotopic (exact) mass is 629 g/mol. The van der Waals surface area contributed by atoms with Crippen molar-refractivity contribution in [2.75, 3.05) is 0 Å². The van der Waals surface area contributed by atoms with Gasteiger partial charge in [0, 0.05) is 37.7 Å². The summed E-state index contributed by atoms with van der Waals surface area (Å²) in [7, 11) is 0. The lowest BCUT2D eigenvalue weighted by atomic mass is 10.0. The summed E-state index contributed by atoms with van der Waals surface area (Å²) in [6.07, 6.45) is 0. The average Bonchev–Trinajstić information content (AvgIpc) is 3.70. The van der Waals surface area contributed by atoms with Crippen molar-refractivity contribution in [3.8, 4) is 39.5 Å². The van der Waals surface area contributed by atoms with Gasteiger partial charge in [0.2, 0.25) is 0 Å². The van der Waals surface area contributed by atoms with Crippen LogP contribution in [-0.4, -0.2) is 14.5 Å². The predicted molar refractivity (Wildman–Crippen MR) is 203 cm³/mol. The van der Waals surface area contributed by atoms with Crippen molar-refractivity contribution in [1.29, 1.82) is 0 Å². The second kappa shape index (κ2) is 10.7. The molecule has 0 atom stereocenters. The maximum absolute atomic E-state index is 5.21. The van der Waals surface area contributed by atoms with Crippen LogP contribution in [0.2, 0.25) is 0 Å². The first kappa shape index (κ1) is 27.1. The third kappa shape index (κ3) is 4.27. The Morgan fingerprint density at radius 3 is 1.92 bits per heavy atom. The van der Waals surface area contributed by atoms with Gasteiger partial charge in [-0.1, -0.05) is 127 Å². The van der Waals surface area contributed by atoms with Crippen LogP contribution in [0, 0.1) is 0 Å². The van der Waals surface area contributed by atoms with E-state index in [1.165, 1.54) is 48.4 Å². The molecule has 0 amide bonds. The Hall–Kier alpha value is -6.10. The molecule has 0 aliphatic heterocycles. The Balaban J connectivity index is 1.15. The van der Waals surface area contributed by atoms with E-state index in [9.17, 15) is 0 Å². The van der Waals surface area contributed by atoms with E-state index in [0.717, 1.165) is 43.9 Å². The molecule has 0 aliphatic carbocycles. The summed E-state index contributed by atoms with van der Waals surface area (Å²) in [4.78, 5) is 10.4. The standard InChI is InChI=1S/C44H27N3S/c1-2-12-29(13-3-1)44-45-41(33-22-21-28-11-4-5-14-30(28)25-33)43-42(46-44)37-24-23-32(27-40(37)48-43)31-15-10-16-34(26-31)47-38-19-8-6-17-35(38)36-18-7-9-20-39(36)47/h1-27H. The van der Waals surface area contributed by atoms with Gasteiger partial charge in [0.15, 0.2) is 5.82 Å². The maximum Gasteiger partial charge on any atom is 0.160 e. The molecule has 0 spiro atoms. The fourth-order valence-corrected chi connectivity index (χ4v) is 8.29. The molecule has 48 heavy (non-hydrogen) atoms. The molecule has 0 bridgehead atoms. The van der Waals surface area contributed by atoms with Crippen LogP contribution >= 0.6 is 11.3 Å². The highest BCUT2D eigenvalue weighted by atomic mass is 32.1. The normalized spacial score (nSPS) is 11.8. The van der Waals surface area contributed by atoms with Gasteiger partial charge in [0.25, 0.3) is 0 Å². The van der Waals surface area contributed by atoms with Crippen LogP contribution in [0.3, 0.4) is 0 Å². The van der Waals surface area contributed by atoms with Crippen LogP contribution in [0.1, 0.15) is 0 Å². The molecule has 0 radical (unpaired) electrons. The van der Waals surface area contributed by atoms with Gasteiger partial charge in [-0.15, -0.1) is 11.3 Å². The molecule has 0 aliphatic rings. The molecule has 0 N–H and O–H groups in total. The summed E-state index contributed by atoms with van der Waals surface area (Å²) >= 11 is 1.78. The van der Waals surface area contributed by atoms with E-state index >= 15 is 0 Å². The van der Waals surface area contributed by atoms with Crippen molar-refractivity contribution in [3.63, 3.8) is 0 Å². The number of para-hydroxylation sites is 2. The minimum Gasteiger partial charge on any atom is -0.309 e. The van der Waals surface area contributed by atoms with Gasteiger partial charge in [-0.2, -0.15) is 0 Å². The lowest BCUT2D eigenvalue weighted by molar-refractivity contribution is 1.18. The zero-order valence-corrected chi connectivity index (χ0v) is 26.7. The number of hydrogen-bond acceptors (Lipinski definition) is 3. The molecule has 10 aromatic rings. The van der Waals surface area contributed by atoms with Crippen molar-refractivity contribution in [3.05, 3.63) is 164 Å². The average molecular weight is 630 g/mol. The summed E-state index contributed by atoms with van der Waals surface area (Å²) in [6.45, 7) is 0. The summed E-state index contributed by atoms with van der Waals surface area (Å²) in [5, 5.41) is 6.11. The Morgan fingerprint density at radius 1 is 0.438 bits per heavy atom. The topological polar surface area (TPSA) is 30.7 Å². The number of thiophene rings is 1. The van der Waals surface area contributed by atoms with Gasteiger partial charge >= 0.3 is 0 Å². The number of fused-ring (bicyclic) bond motifs is 7. The van der Waals surface area contributed by atoms with Gasteiger partial charge in [-0.25, -0.2) is 9.97 Å². The van der Waals surface area contributed by atoms with Gasteiger partial charge < -0.3 is 4.57 Å². The molecule has 3 heterocycles. The highest BCUT2D eigenvalue weighted by molar-refractivity contribution is 7.26. The van der Waals surface area contributed by atoms with E-state index in [4.69, 9.17) is 9.97 Å². The van der Waals surface area contributed by atoms with Gasteiger partial charge in [-0.05, 0) is 58.3 Å². The van der Waals surface area contributed by atoms with E-state index in [0.29, 0.717) is 0 Å². The highest BCUT2D eigenvalue weighted by Crippen LogP contribution is 2.42. The van der Waals surface area contributed by atoms with Crippen molar-refractivity contribution >= 4 is 64.2 Å². The van der Waals surface area contributed by atoms with Crippen LogP contribution < -0.4 is 0 Å². The largest absolute Gasteiger partial charge is 0.309 e. The van der Waals surface area contributed by atoms with E-state index in [-0.39, 0.29) is 0 Å². The lowest BCUT2D eigenvalue weighted by Crippen LogP contribution is -1.94. The van der Waals surface area contributed by atoms with E-state index in [1.54, 1.807) is 11.3 Å². The van der Waals surface area contributed by atoms with Crippen LogP contribution in [-0.2, 0) is 0 Å². The smallest absolute Gasteiger partial charge is 0.160 e. The summed E-state index contributed by atoms with van der Waals surface area (Å²) < 4.78 is 4.69. The Morgan fingerprint density at radius 2 is 1.10 bits per heavy atom. The van der Waals surface area contributed by atoms with Crippen molar-refractivity contribution < 1.29 is 0 Å². The van der Waals surface area contributed by atoms with Gasteiger partial charge in [0.05, 0.1) is 26.9 Å². The molecule has 0 saturated heterocycles. The van der Waals surface area contributed by atoms with E-state index in [2.05, 4.69) is 150 Å². The summed E-state index contributed by atoms with van der Waals surface area (Å²) in [5.41, 5.74) is 10.0. The van der Waals surface area contributed by atoms with Crippen molar-refractivity contribution in [2.45, 2.75) is 0 Å². The van der Waals surface area contributed by atoms with Crippen LogP contribution in [0.25, 0.3) is 92.3 Å².